The highest BCUT2D eigenvalue weighted by Crippen LogP contribution is 2.36. The predicted octanol–water partition coefficient (Wildman–Crippen LogP) is 3.60. The number of rotatable bonds is 7. The Balaban J connectivity index is 1.55. The monoisotopic (exact) mass is 426 g/mol. The van der Waals surface area contributed by atoms with Crippen LogP contribution in [0.15, 0.2) is 47.4 Å². The Morgan fingerprint density at radius 3 is 2.84 bits per heavy atom. The number of ether oxygens (including phenoxy) is 1. The number of carbonyl (C=O) groups excluding carboxylic acids is 1. The Labute approximate surface area is 180 Å². The van der Waals surface area contributed by atoms with E-state index in [9.17, 15) is 9.18 Å². The molecule has 1 aliphatic rings. The second-order valence-electron chi connectivity index (χ2n) is 8.17. The molecule has 4 rings (SSSR count). The Hall–Kier alpha value is -3.00. The molecule has 1 aliphatic heterocycles. The van der Waals surface area contributed by atoms with Crippen molar-refractivity contribution in [2.45, 2.75) is 32.7 Å². The highest BCUT2D eigenvalue weighted by molar-refractivity contribution is 5.77. The van der Waals surface area contributed by atoms with Gasteiger partial charge < -0.3 is 13.8 Å². The van der Waals surface area contributed by atoms with Crippen LogP contribution in [0.1, 0.15) is 31.2 Å². The van der Waals surface area contributed by atoms with Crippen LogP contribution >= 0.6 is 0 Å². The minimum Gasteiger partial charge on any atom is -0.466 e. The van der Waals surface area contributed by atoms with Crippen LogP contribution in [0.5, 0.6) is 0 Å². The van der Waals surface area contributed by atoms with Crippen molar-refractivity contribution in [2.24, 2.45) is 12.5 Å². The molecule has 1 atom stereocenters. The lowest BCUT2D eigenvalue weighted by atomic mass is 9.76. The van der Waals surface area contributed by atoms with E-state index in [4.69, 9.17) is 9.26 Å². The maximum absolute atomic E-state index is 13.2. The van der Waals surface area contributed by atoms with Crippen LogP contribution in [-0.2, 0) is 29.5 Å². The zero-order valence-corrected chi connectivity index (χ0v) is 17.9. The molecule has 0 radical (unpaired) electrons. The van der Waals surface area contributed by atoms with Gasteiger partial charge in [0, 0.05) is 44.4 Å². The Morgan fingerprint density at radius 1 is 1.32 bits per heavy atom. The van der Waals surface area contributed by atoms with Gasteiger partial charge in [-0.1, -0.05) is 5.16 Å². The first kappa shape index (κ1) is 21.2. The van der Waals surface area contributed by atoms with Crippen molar-refractivity contribution in [3.05, 3.63) is 60.1 Å². The van der Waals surface area contributed by atoms with Gasteiger partial charge in [-0.15, -0.1) is 0 Å². The van der Waals surface area contributed by atoms with Gasteiger partial charge in [0.15, 0.2) is 0 Å². The van der Waals surface area contributed by atoms with Crippen molar-refractivity contribution in [1.29, 1.82) is 0 Å². The minimum atomic E-state index is -0.702. The molecule has 1 aromatic carbocycles. The van der Waals surface area contributed by atoms with Crippen molar-refractivity contribution in [1.82, 2.24) is 19.6 Å². The highest BCUT2D eigenvalue weighted by atomic mass is 19.1. The van der Waals surface area contributed by atoms with Crippen molar-refractivity contribution < 1.29 is 18.4 Å². The molecule has 2 aromatic heterocycles. The molecular weight excluding hydrogens is 399 g/mol. The van der Waals surface area contributed by atoms with Crippen molar-refractivity contribution in [3.8, 4) is 11.3 Å². The Bertz CT molecular complexity index is 1030. The fraction of sp³-hybridized carbons (Fsp3) is 0.435. The number of likely N-dealkylation sites (tertiary alicyclic amines) is 1. The van der Waals surface area contributed by atoms with Crippen molar-refractivity contribution >= 4 is 5.97 Å². The molecule has 8 heteroatoms. The van der Waals surface area contributed by atoms with E-state index in [0.29, 0.717) is 31.0 Å². The molecule has 3 aromatic rings. The number of carbonyl (C=O) groups is 1. The fourth-order valence-electron chi connectivity index (χ4n) is 4.28. The van der Waals surface area contributed by atoms with Gasteiger partial charge in [0.25, 0.3) is 0 Å². The largest absolute Gasteiger partial charge is 0.466 e. The SMILES string of the molecule is CCOC(=O)C1(Cc2cc(-c3ccc(F)cc3)no2)CCCN(Cc2cncn2C)C1. The maximum Gasteiger partial charge on any atom is 0.313 e. The number of nitrogens with zero attached hydrogens (tertiary/aromatic N) is 4. The molecule has 0 bridgehead atoms. The first-order valence-corrected chi connectivity index (χ1v) is 10.6. The van der Waals surface area contributed by atoms with Crippen LogP contribution in [0.2, 0.25) is 0 Å². The molecule has 31 heavy (non-hydrogen) atoms. The van der Waals surface area contributed by atoms with E-state index in [2.05, 4.69) is 15.0 Å². The molecule has 1 fully saturated rings. The van der Waals surface area contributed by atoms with E-state index >= 15 is 0 Å². The molecule has 3 heterocycles. The third kappa shape index (κ3) is 4.69. The van der Waals surface area contributed by atoms with Crippen LogP contribution in [0.4, 0.5) is 4.39 Å². The molecule has 7 nitrogen and oxygen atoms in total. The summed E-state index contributed by atoms with van der Waals surface area (Å²) < 4.78 is 26.3. The zero-order chi connectivity index (χ0) is 21.8. The van der Waals surface area contributed by atoms with E-state index in [0.717, 1.165) is 37.2 Å². The summed E-state index contributed by atoms with van der Waals surface area (Å²) in [4.78, 5) is 19.5. The second kappa shape index (κ2) is 9.01. The van der Waals surface area contributed by atoms with Gasteiger partial charge in [-0.05, 0) is 50.6 Å². The first-order chi connectivity index (χ1) is 15.0. The van der Waals surface area contributed by atoms with Crippen molar-refractivity contribution in [3.63, 3.8) is 0 Å². The van der Waals surface area contributed by atoms with E-state index in [1.165, 1.54) is 12.1 Å². The Kier molecular flexibility index (Phi) is 6.18. The number of imidazole rings is 1. The van der Waals surface area contributed by atoms with E-state index in [1.54, 1.807) is 18.5 Å². The summed E-state index contributed by atoms with van der Waals surface area (Å²) in [6.45, 7) is 4.35. The lowest BCUT2D eigenvalue weighted by Crippen LogP contribution is -2.49. The van der Waals surface area contributed by atoms with E-state index in [1.807, 2.05) is 30.8 Å². The minimum absolute atomic E-state index is 0.204. The summed E-state index contributed by atoms with van der Waals surface area (Å²) in [5.74, 6) is 0.114. The number of hydrogen-bond donors (Lipinski definition) is 0. The second-order valence-corrected chi connectivity index (χ2v) is 8.17. The molecule has 0 N–H and O–H groups in total. The molecule has 1 saturated heterocycles. The highest BCUT2D eigenvalue weighted by Gasteiger charge is 2.44. The van der Waals surface area contributed by atoms with Gasteiger partial charge in [-0.25, -0.2) is 9.37 Å². The Morgan fingerprint density at radius 2 is 2.13 bits per heavy atom. The summed E-state index contributed by atoms with van der Waals surface area (Å²) >= 11 is 0. The smallest absolute Gasteiger partial charge is 0.313 e. The molecule has 0 aliphatic carbocycles. The first-order valence-electron chi connectivity index (χ1n) is 10.6. The molecule has 0 spiro atoms. The summed E-state index contributed by atoms with van der Waals surface area (Å²) in [5.41, 5.74) is 1.78. The van der Waals surface area contributed by atoms with Crippen molar-refractivity contribution in [2.75, 3.05) is 19.7 Å². The average Bonchev–Trinajstić information content (AvgIpc) is 3.38. The third-order valence-corrected chi connectivity index (χ3v) is 5.88. The molecule has 0 amide bonds. The summed E-state index contributed by atoms with van der Waals surface area (Å²) in [6.07, 6.45) is 5.65. The number of benzene rings is 1. The van der Waals surface area contributed by atoms with E-state index in [-0.39, 0.29) is 11.8 Å². The van der Waals surface area contributed by atoms with Gasteiger partial charge in [0.2, 0.25) is 0 Å². The summed E-state index contributed by atoms with van der Waals surface area (Å²) in [7, 11) is 1.97. The van der Waals surface area contributed by atoms with Crippen LogP contribution in [0, 0.1) is 11.2 Å². The molecule has 0 saturated carbocycles. The van der Waals surface area contributed by atoms with Crippen LogP contribution in [0.25, 0.3) is 11.3 Å². The van der Waals surface area contributed by atoms with Crippen LogP contribution in [0.3, 0.4) is 0 Å². The predicted molar refractivity (Wildman–Crippen MR) is 112 cm³/mol. The number of aryl methyl sites for hydroxylation is 1. The number of esters is 1. The van der Waals surface area contributed by atoms with E-state index < -0.39 is 5.41 Å². The topological polar surface area (TPSA) is 73.4 Å². The quantitative estimate of drug-likeness (QED) is 0.538. The lowest BCUT2D eigenvalue weighted by molar-refractivity contribution is -0.159. The number of aromatic nitrogens is 3. The molecule has 164 valence electrons. The van der Waals surface area contributed by atoms with Gasteiger partial charge in [0.05, 0.1) is 24.0 Å². The summed E-state index contributed by atoms with van der Waals surface area (Å²) in [6, 6.07) is 7.93. The van der Waals surface area contributed by atoms with Gasteiger partial charge >= 0.3 is 5.97 Å². The number of halogens is 1. The van der Waals surface area contributed by atoms with Crippen LogP contribution < -0.4 is 0 Å². The lowest BCUT2D eigenvalue weighted by Gasteiger charge is -2.40. The normalized spacial score (nSPS) is 19.5. The fourth-order valence-corrected chi connectivity index (χ4v) is 4.28. The van der Waals surface area contributed by atoms with Crippen LogP contribution in [-0.4, -0.2) is 45.3 Å². The molecular formula is C23H27FN4O3. The summed E-state index contributed by atoms with van der Waals surface area (Å²) in [5, 5.41) is 4.13. The third-order valence-electron chi connectivity index (χ3n) is 5.88. The average molecular weight is 426 g/mol. The zero-order valence-electron chi connectivity index (χ0n) is 17.9. The standard InChI is InChI=1S/C23H27FN4O3/c1-3-30-22(29)23(9-4-10-28(15-23)14-19-13-25-16-27(19)2)12-20-11-21(26-31-20)17-5-7-18(24)8-6-17/h5-8,11,13,16H,3-4,9-10,12,14-15H2,1-2H3. The van der Waals surface area contributed by atoms with Gasteiger partial charge in [0.1, 0.15) is 17.3 Å². The van der Waals surface area contributed by atoms with Gasteiger partial charge in [-0.2, -0.15) is 0 Å². The molecule has 1 unspecified atom stereocenters. The van der Waals surface area contributed by atoms with Gasteiger partial charge in [-0.3, -0.25) is 9.69 Å². The number of hydrogen-bond acceptors (Lipinski definition) is 6. The maximum atomic E-state index is 13.2. The number of piperidine rings is 1.